The van der Waals surface area contributed by atoms with Gasteiger partial charge in [-0.05, 0) is 55.3 Å². The molecule has 1 amide bonds. The van der Waals surface area contributed by atoms with Crippen LogP contribution in [0.25, 0.3) is 10.9 Å². The second-order valence-electron chi connectivity index (χ2n) is 8.97. The standard InChI is InChI=1S/C24H29BBrN5O2/c1-31(2)22-17-5-3-4-6-20(17)29-24(30-22)28-16-9-7-14(8-10-16)13-27-23(33)18-11-15(26)12-19(25)21(18)32/h3-6,11-12,14,16,32H,7-10,13,25H2,1-2H3,(H,27,33)(H,28,29,30)/t14-,16+. The number of phenols is 1. The van der Waals surface area contributed by atoms with Crippen LogP contribution >= 0.6 is 15.9 Å². The first-order valence-electron chi connectivity index (χ1n) is 11.3. The van der Waals surface area contributed by atoms with Gasteiger partial charge in [0.1, 0.15) is 19.4 Å². The highest BCUT2D eigenvalue weighted by Gasteiger charge is 2.23. The second kappa shape index (κ2) is 9.99. The third-order valence-electron chi connectivity index (χ3n) is 6.25. The minimum absolute atomic E-state index is 0.0380. The topological polar surface area (TPSA) is 90.4 Å². The molecule has 172 valence electrons. The molecule has 3 N–H and O–H groups in total. The highest BCUT2D eigenvalue weighted by molar-refractivity contribution is 9.10. The number of amides is 1. The summed E-state index contributed by atoms with van der Waals surface area (Å²) in [4.78, 5) is 24.1. The lowest BCUT2D eigenvalue weighted by molar-refractivity contribution is 0.0940. The van der Waals surface area contributed by atoms with Gasteiger partial charge in [0.15, 0.2) is 0 Å². The molecule has 1 aliphatic rings. The third kappa shape index (κ3) is 5.41. The zero-order valence-electron chi connectivity index (χ0n) is 19.2. The van der Waals surface area contributed by atoms with Crippen LogP contribution < -0.4 is 21.0 Å². The lowest BCUT2D eigenvalue weighted by Crippen LogP contribution is -2.34. The number of hydrogen-bond acceptors (Lipinski definition) is 6. The Morgan fingerprint density at radius 3 is 2.64 bits per heavy atom. The number of carbonyl (C=O) groups excluding carboxylic acids is 1. The van der Waals surface area contributed by atoms with E-state index in [2.05, 4.69) is 26.6 Å². The quantitative estimate of drug-likeness (QED) is 0.443. The zero-order valence-corrected chi connectivity index (χ0v) is 20.8. The Labute approximate surface area is 203 Å². The van der Waals surface area contributed by atoms with E-state index in [0.29, 0.717) is 35.5 Å². The SMILES string of the molecule is Bc1cc(Br)cc(C(=O)NC[C@H]2CC[C@@H](Nc3nc(N(C)C)c4ccccc4n3)CC2)c1O. The molecule has 0 spiro atoms. The van der Waals surface area contributed by atoms with E-state index in [-0.39, 0.29) is 11.7 Å². The average Bonchev–Trinajstić information content (AvgIpc) is 2.80. The van der Waals surface area contributed by atoms with Crippen LogP contribution in [0.3, 0.4) is 0 Å². The number of benzene rings is 2. The number of phenolic OH excluding ortho intramolecular Hbond substituents is 1. The van der Waals surface area contributed by atoms with Crippen LogP contribution in [0, 0.1) is 5.92 Å². The smallest absolute Gasteiger partial charge is 0.255 e. The van der Waals surface area contributed by atoms with E-state index in [0.717, 1.165) is 46.9 Å². The van der Waals surface area contributed by atoms with Gasteiger partial charge in [0, 0.05) is 36.5 Å². The van der Waals surface area contributed by atoms with E-state index in [9.17, 15) is 9.90 Å². The number of hydrogen-bond donors (Lipinski definition) is 3. The Bertz CT molecular complexity index is 1170. The predicted octanol–water partition coefficient (Wildman–Crippen LogP) is 2.82. The number of nitrogens with zero attached hydrogens (tertiary/aromatic N) is 3. The third-order valence-corrected chi connectivity index (χ3v) is 6.71. The molecular formula is C24H29BBrN5O2. The van der Waals surface area contributed by atoms with Crippen molar-refractivity contribution in [2.75, 3.05) is 30.9 Å². The first-order chi connectivity index (χ1) is 15.8. The highest BCUT2D eigenvalue weighted by Crippen LogP contribution is 2.28. The molecule has 0 saturated heterocycles. The lowest BCUT2D eigenvalue weighted by Gasteiger charge is -2.29. The van der Waals surface area contributed by atoms with Crippen molar-refractivity contribution in [3.8, 4) is 5.75 Å². The van der Waals surface area contributed by atoms with Crippen LogP contribution in [0.5, 0.6) is 5.75 Å². The van der Waals surface area contributed by atoms with Crippen molar-refractivity contribution >= 4 is 57.8 Å². The fourth-order valence-electron chi connectivity index (χ4n) is 4.40. The summed E-state index contributed by atoms with van der Waals surface area (Å²) >= 11 is 3.39. The van der Waals surface area contributed by atoms with Gasteiger partial charge >= 0.3 is 0 Å². The summed E-state index contributed by atoms with van der Waals surface area (Å²) in [6.45, 7) is 0.605. The number of para-hydroxylation sites is 1. The van der Waals surface area contributed by atoms with Gasteiger partial charge in [-0.15, -0.1) is 0 Å². The molecule has 3 aromatic rings. The van der Waals surface area contributed by atoms with Crippen LogP contribution in [-0.4, -0.2) is 55.5 Å². The molecular weight excluding hydrogens is 481 g/mol. The summed E-state index contributed by atoms with van der Waals surface area (Å²) in [6, 6.07) is 11.8. The molecule has 1 aliphatic carbocycles. The van der Waals surface area contributed by atoms with Crippen molar-refractivity contribution < 1.29 is 9.90 Å². The Balaban J connectivity index is 1.33. The van der Waals surface area contributed by atoms with E-state index < -0.39 is 0 Å². The van der Waals surface area contributed by atoms with Crippen molar-refractivity contribution in [2.24, 2.45) is 5.92 Å². The van der Waals surface area contributed by atoms with Gasteiger partial charge < -0.3 is 20.6 Å². The Morgan fingerprint density at radius 2 is 1.91 bits per heavy atom. The monoisotopic (exact) mass is 509 g/mol. The molecule has 1 aromatic heterocycles. The summed E-state index contributed by atoms with van der Waals surface area (Å²) in [5.41, 5.74) is 1.91. The van der Waals surface area contributed by atoms with E-state index in [1.54, 1.807) is 20.0 Å². The van der Waals surface area contributed by atoms with Crippen LogP contribution in [-0.2, 0) is 0 Å². The van der Waals surface area contributed by atoms with Crippen molar-refractivity contribution in [1.82, 2.24) is 15.3 Å². The van der Waals surface area contributed by atoms with Crippen LogP contribution in [0.1, 0.15) is 36.0 Å². The normalized spacial score (nSPS) is 18.2. The van der Waals surface area contributed by atoms with Crippen LogP contribution in [0.2, 0.25) is 0 Å². The number of aromatic hydroxyl groups is 1. The molecule has 0 radical (unpaired) electrons. The summed E-state index contributed by atoms with van der Waals surface area (Å²) in [5, 5.41) is 17.8. The van der Waals surface area contributed by atoms with Crippen LogP contribution in [0.15, 0.2) is 40.9 Å². The van der Waals surface area contributed by atoms with Crippen molar-refractivity contribution in [3.63, 3.8) is 0 Å². The molecule has 0 aliphatic heterocycles. The molecule has 1 saturated carbocycles. The molecule has 2 aromatic carbocycles. The van der Waals surface area contributed by atoms with E-state index >= 15 is 0 Å². The number of carbonyl (C=O) groups is 1. The first kappa shape index (κ1) is 23.4. The van der Waals surface area contributed by atoms with Crippen molar-refractivity contribution in [1.29, 1.82) is 0 Å². The number of fused-ring (bicyclic) bond motifs is 1. The van der Waals surface area contributed by atoms with E-state index in [4.69, 9.17) is 9.97 Å². The minimum atomic E-state index is -0.238. The van der Waals surface area contributed by atoms with E-state index in [1.165, 1.54) is 0 Å². The molecule has 7 nitrogen and oxygen atoms in total. The second-order valence-corrected chi connectivity index (χ2v) is 9.89. The molecule has 33 heavy (non-hydrogen) atoms. The van der Waals surface area contributed by atoms with Gasteiger partial charge in [-0.2, -0.15) is 4.98 Å². The lowest BCUT2D eigenvalue weighted by atomic mass is 9.86. The maximum Gasteiger partial charge on any atom is 0.255 e. The van der Waals surface area contributed by atoms with Gasteiger partial charge in [-0.25, -0.2) is 4.98 Å². The van der Waals surface area contributed by atoms with E-state index in [1.807, 2.05) is 43.3 Å². The molecule has 4 rings (SSSR count). The van der Waals surface area contributed by atoms with Crippen molar-refractivity contribution in [3.05, 3.63) is 46.4 Å². The largest absolute Gasteiger partial charge is 0.508 e. The number of anilines is 2. The predicted molar refractivity (Wildman–Crippen MR) is 140 cm³/mol. The fourth-order valence-corrected chi connectivity index (χ4v) is 4.97. The maximum atomic E-state index is 12.6. The van der Waals surface area contributed by atoms with Gasteiger partial charge in [-0.1, -0.05) is 34.1 Å². The summed E-state index contributed by atoms with van der Waals surface area (Å²) in [5.74, 6) is 1.78. The number of aromatic nitrogens is 2. The minimum Gasteiger partial charge on any atom is -0.508 e. The summed E-state index contributed by atoms with van der Waals surface area (Å²) in [7, 11) is 5.77. The summed E-state index contributed by atoms with van der Waals surface area (Å²) < 4.78 is 0.780. The summed E-state index contributed by atoms with van der Waals surface area (Å²) in [6.07, 6.45) is 4.01. The molecule has 0 unspecified atom stereocenters. The Kier molecular flexibility index (Phi) is 7.07. The van der Waals surface area contributed by atoms with Crippen LogP contribution in [0.4, 0.5) is 11.8 Å². The van der Waals surface area contributed by atoms with Crippen molar-refractivity contribution in [2.45, 2.75) is 31.7 Å². The molecule has 0 atom stereocenters. The number of halogens is 1. The molecule has 1 heterocycles. The van der Waals surface area contributed by atoms with Gasteiger partial charge in [0.2, 0.25) is 5.95 Å². The Morgan fingerprint density at radius 1 is 1.18 bits per heavy atom. The number of rotatable bonds is 6. The molecule has 0 bridgehead atoms. The number of nitrogens with one attached hydrogen (secondary N) is 2. The van der Waals surface area contributed by atoms with Gasteiger partial charge in [-0.3, -0.25) is 4.79 Å². The highest BCUT2D eigenvalue weighted by atomic mass is 79.9. The molecule has 9 heteroatoms. The first-order valence-corrected chi connectivity index (χ1v) is 12.1. The maximum absolute atomic E-state index is 12.6. The Hall–Kier alpha value is -2.81. The molecule has 1 fully saturated rings. The van der Waals surface area contributed by atoms with Gasteiger partial charge in [0.05, 0.1) is 11.1 Å². The average molecular weight is 510 g/mol. The zero-order chi connectivity index (χ0) is 23.5. The van der Waals surface area contributed by atoms with Gasteiger partial charge in [0.25, 0.3) is 5.91 Å². The fraction of sp³-hybridized carbons (Fsp3) is 0.375.